The first-order valence-electron chi connectivity index (χ1n) is 7.42. The average Bonchev–Trinajstić information content (AvgIpc) is 2.81. The van der Waals surface area contributed by atoms with Crippen LogP contribution in [0.1, 0.15) is 25.3 Å². The molecule has 0 radical (unpaired) electrons. The Morgan fingerprint density at radius 3 is 2.95 bits per heavy atom. The molecule has 1 unspecified atom stereocenters. The summed E-state index contributed by atoms with van der Waals surface area (Å²) in [5.41, 5.74) is 0. The van der Waals surface area contributed by atoms with E-state index in [1.807, 2.05) is 35.1 Å². The zero-order chi connectivity index (χ0) is 14.5. The van der Waals surface area contributed by atoms with Crippen molar-refractivity contribution in [1.29, 1.82) is 0 Å². The van der Waals surface area contributed by atoms with Gasteiger partial charge in [-0.15, -0.1) is 0 Å². The normalized spacial score (nSPS) is 19.0. The summed E-state index contributed by atoms with van der Waals surface area (Å²) in [4.78, 5) is 0. The number of para-hydroxylation sites is 2. The van der Waals surface area contributed by atoms with Crippen LogP contribution in [0.5, 0.6) is 17.2 Å². The highest BCUT2D eigenvalue weighted by Crippen LogP contribution is 2.31. The third kappa shape index (κ3) is 3.36. The van der Waals surface area contributed by atoms with Crippen LogP contribution < -0.4 is 14.8 Å². The lowest BCUT2D eigenvalue weighted by atomic mass is 10.1. The molecule has 1 saturated heterocycles. The summed E-state index contributed by atoms with van der Waals surface area (Å²) in [6.45, 7) is 2.07. The molecule has 21 heavy (non-hydrogen) atoms. The predicted octanol–water partition coefficient (Wildman–Crippen LogP) is 3.00. The summed E-state index contributed by atoms with van der Waals surface area (Å²) in [6, 6.07) is 8.03. The number of ether oxygens (including phenoxy) is 2. The molecule has 1 aromatic heterocycles. The Morgan fingerprint density at radius 1 is 1.24 bits per heavy atom. The summed E-state index contributed by atoms with van der Waals surface area (Å²) in [5.74, 6) is 2.17. The minimum absolute atomic E-state index is 0.405. The molecule has 1 N–H and O–H groups in total. The van der Waals surface area contributed by atoms with Gasteiger partial charge >= 0.3 is 0 Å². The molecular formula is C16H21N3O2. The van der Waals surface area contributed by atoms with Gasteiger partial charge in [-0.1, -0.05) is 18.6 Å². The first-order chi connectivity index (χ1) is 10.4. The highest BCUT2D eigenvalue weighted by molar-refractivity contribution is 5.41. The topological polar surface area (TPSA) is 48.3 Å². The van der Waals surface area contributed by atoms with E-state index in [9.17, 15) is 0 Å². The van der Waals surface area contributed by atoms with Crippen LogP contribution >= 0.6 is 0 Å². The minimum Gasteiger partial charge on any atom is -0.493 e. The maximum atomic E-state index is 5.87. The lowest BCUT2D eigenvalue weighted by Gasteiger charge is -2.14. The molecule has 2 aromatic rings. The molecule has 2 heterocycles. The number of nitrogens with zero attached hydrogens (tertiary/aromatic N) is 2. The van der Waals surface area contributed by atoms with Gasteiger partial charge in [0.25, 0.3) is 0 Å². The van der Waals surface area contributed by atoms with Crippen LogP contribution in [0.3, 0.4) is 0 Å². The average molecular weight is 287 g/mol. The summed E-state index contributed by atoms with van der Waals surface area (Å²) >= 11 is 0. The molecule has 0 saturated carbocycles. The number of hydrogen-bond donors (Lipinski definition) is 1. The van der Waals surface area contributed by atoms with Crippen LogP contribution in [0.4, 0.5) is 0 Å². The van der Waals surface area contributed by atoms with Gasteiger partial charge < -0.3 is 14.8 Å². The molecular weight excluding hydrogens is 266 g/mol. The maximum Gasteiger partial charge on any atom is 0.169 e. The number of benzene rings is 1. The number of aromatic nitrogens is 2. The van der Waals surface area contributed by atoms with E-state index in [0.717, 1.165) is 31.0 Å². The molecule has 5 heteroatoms. The van der Waals surface area contributed by atoms with Gasteiger partial charge in [0.2, 0.25) is 0 Å². The number of nitrogens with one attached hydrogen (secondary N) is 1. The van der Waals surface area contributed by atoms with Crippen molar-refractivity contribution in [2.45, 2.75) is 25.3 Å². The molecule has 0 aliphatic carbocycles. The molecule has 1 aliphatic heterocycles. The Bertz CT molecular complexity index is 574. The van der Waals surface area contributed by atoms with Crippen LogP contribution in [-0.2, 0) is 0 Å². The SMILES string of the molecule is COc1ccccc1Oc1cnn(C2CCCCNC2)c1. The first-order valence-corrected chi connectivity index (χ1v) is 7.42. The fraction of sp³-hybridized carbons (Fsp3) is 0.438. The Kier molecular flexibility index (Phi) is 4.40. The second-order valence-electron chi connectivity index (χ2n) is 5.26. The largest absolute Gasteiger partial charge is 0.493 e. The van der Waals surface area contributed by atoms with Crippen molar-refractivity contribution in [2.75, 3.05) is 20.2 Å². The van der Waals surface area contributed by atoms with E-state index >= 15 is 0 Å². The van der Waals surface area contributed by atoms with E-state index in [1.165, 1.54) is 12.8 Å². The van der Waals surface area contributed by atoms with Crippen molar-refractivity contribution in [3.8, 4) is 17.2 Å². The second-order valence-corrected chi connectivity index (χ2v) is 5.26. The van der Waals surface area contributed by atoms with Gasteiger partial charge in [0, 0.05) is 6.54 Å². The maximum absolute atomic E-state index is 5.87. The van der Waals surface area contributed by atoms with Crippen molar-refractivity contribution >= 4 is 0 Å². The van der Waals surface area contributed by atoms with Crippen molar-refractivity contribution in [3.63, 3.8) is 0 Å². The zero-order valence-electron chi connectivity index (χ0n) is 12.3. The number of methoxy groups -OCH3 is 1. The number of rotatable bonds is 4. The van der Waals surface area contributed by atoms with Gasteiger partial charge in [0.15, 0.2) is 17.2 Å². The summed E-state index contributed by atoms with van der Waals surface area (Å²) in [6.07, 6.45) is 7.35. The second kappa shape index (κ2) is 6.63. The monoisotopic (exact) mass is 287 g/mol. The first kappa shape index (κ1) is 13.9. The molecule has 0 amide bonds. The molecule has 1 atom stereocenters. The minimum atomic E-state index is 0.405. The van der Waals surface area contributed by atoms with Crippen LogP contribution in [0.2, 0.25) is 0 Å². The zero-order valence-corrected chi connectivity index (χ0v) is 12.3. The van der Waals surface area contributed by atoms with Crippen molar-refractivity contribution < 1.29 is 9.47 Å². The van der Waals surface area contributed by atoms with E-state index < -0.39 is 0 Å². The Morgan fingerprint density at radius 2 is 2.10 bits per heavy atom. The molecule has 0 spiro atoms. The van der Waals surface area contributed by atoms with Gasteiger partial charge in [0.05, 0.1) is 25.5 Å². The van der Waals surface area contributed by atoms with Gasteiger partial charge in [0.1, 0.15) is 0 Å². The fourth-order valence-electron chi connectivity index (χ4n) is 2.63. The fourth-order valence-corrected chi connectivity index (χ4v) is 2.63. The molecule has 112 valence electrons. The molecule has 5 nitrogen and oxygen atoms in total. The molecule has 0 bridgehead atoms. The van der Waals surface area contributed by atoms with Gasteiger partial charge in [-0.3, -0.25) is 4.68 Å². The standard InChI is InChI=1S/C16H21N3O2/c1-20-15-7-2-3-8-16(15)21-14-11-18-19(12-14)13-6-4-5-9-17-10-13/h2-3,7-8,11-13,17H,4-6,9-10H2,1H3. The van der Waals surface area contributed by atoms with Crippen LogP contribution in [0.25, 0.3) is 0 Å². The molecule has 1 aliphatic rings. The quantitative estimate of drug-likeness (QED) is 0.939. The highest BCUT2D eigenvalue weighted by Gasteiger charge is 2.15. The third-order valence-corrected chi connectivity index (χ3v) is 3.77. The van der Waals surface area contributed by atoms with Crippen LogP contribution in [-0.4, -0.2) is 30.0 Å². The summed E-state index contributed by atoms with van der Waals surface area (Å²) in [7, 11) is 1.64. The van der Waals surface area contributed by atoms with E-state index in [4.69, 9.17) is 9.47 Å². The number of hydrogen-bond acceptors (Lipinski definition) is 4. The summed E-state index contributed by atoms with van der Waals surface area (Å²) in [5, 5.41) is 7.90. The lowest BCUT2D eigenvalue weighted by molar-refractivity contribution is 0.377. The Labute approximate surface area is 124 Å². The van der Waals surface area contributed by atoms with Crippen molar-refractivity contribution in [2.24, 2.45) is 0 Å². The van der Waals surface area contributed by atoms with E-state index in [1.54, 1.807) is 13.3 Å². The van der Waals surface area contributed by atoms with Gasteiger partial charge in [-0.25, -0.2) is 0 Å². The smallest absolute Gasteiger partial charge is 0.169 e. The van der Waals surface area contributed by atoms with Crippen LogP contribution in [0.15, 0.2) is 36.7 Å². The van der Waals surface area contributed by atoms with E-state index in [0.29, 0.717) is 11.8 Å². The van der Waals surface area contributed by atoms with E-state index in [2.05, 4.69) is 10.4 Å². The van der Waals surface area contributed by atoms with Crippen LogP contribution in [0, 0.1) is 0 Å². The third-order valence-electron chi connectivity index (χ3n) is 3.77. The molecule has 1 fully saturated rings. The van der Waals surface area contributed by atoms with Crippen molar-refractivity contribution in [3.05, 3.63) is 36.7 Å². The molecule has 3 rings (SSSR count). The Balaban J connectivity index is 1.72. The van der Waals surface area contributed by atoms with Gasteiger partial charge in [-0.05, 0) is 31.5 Å². The summed E-state index contributed by atoms with van der Waals surface area (Å²) < 4.78 is 13.2. The predicted molar refractivity (Wildman–Crippen MR) is 81.1 cm³/mol. The van der Waals surface area contributed by atoms with Gasteiger partial charge in [-0.2, -0.15) is 5.10 Å². The Hall–Kier alpha value is -2.01. The lowest BCUT2D eigenvalue weighted by Crippen LogP contribution is -2.23. The molecule has 1 aromatic carbocycles. The van der Waals surface area contributed by atoms with E-state index in [-0.39, 0.29) is 0 Å². The highest BCUT2D eigenvalue weighted by atomic mass is 16.5. The van der Waals surface area contributed by atoms with Crippen molar-refractivity contribution in [1.82, 2.24) is 15.1 Å².